The Kier molecular flexibility index (Phi) is 2.28. The summed E-state index contributed by atoms with van der Waals surface area (Å²) in [5.74, 6) is 0.516. The van der Waals surface area contributed by atoms with Crippen molar-refractivity contribution in [2.75, 3.05) is 0 Å². The summed E-state index contributed by atoms with van der Waals surface area (Å²) in [6, 6.07) is 1.36. The van der Waals surface area contributed by atoms with Crippen molar-refractivity contribution >= 4 is 18.7 Å². The fourth-order valence-electron chi connectivity index (χ4n) is 0.541. The molecule has 4 heteroatoms. The number of aromatic nitrogens is 2. The average molecular weight is 154 g/mol. The molecule has 3 nitrogen and oxygen atoms in total. The molecule has 0 aliphatic rings. The highest BCUT2D eigenvalue weighted by atomic mass is 32.1. The molecule has 0 bridgehead atoms. The standard InChI is InChI=1S/C6H6N2OS/c9-6-1-3-7-5(8-6)2-4-10/h1-4,10H,(H,7,8,9). The van der Waals surface area contributed by atoms with E-state index in [1.165, 1.54) is 17.7 Å². The molecule has 0 radical (unpaired) electrons. The third kappa shape index (κ3) is 1.73. The van der Waals surface area contributed by atoms with Gasteiger partial charge in [0.05, 0.1) is 0 Å². The van der Waals surface area contributed by atoms with Crippen LogP contribution in [0.4, 0.5) is 0 Å². The Labute approximate surface area is 63.2 Å². The molecule has 1 aromatic rings. The Morgan fingerprint density at radius 1 is 1.70 bits per heavy atom. The highest BCUT2D eigenvalue weighted by Crippen LogP contribution is 1.88. The van der Waals surface area contributed by atoms with E-state index < -0.39 is 0 Å². The Morgan fingerprint density at radius 3 is 3.10 bits per heavy atom. The lowest BCUT2D eigenvalue weighted by Crippen LogP contribution is -2.05. The van der Waals surface area contributed by atoms with Gasteiger partial charge in [0.2, 0.25) is 0 Å². The molecule has 1 aromatic heterocycles. The summed E-state index contributed by atoms with van der Waals surface area (Å²) in [5, 5.41) is 1.51. The lowest BCUT2D eigenvalue weighted by atomic mass is 10.5. The van der Waals surface area contributed by atoms with E-state index in [1.54, 1.807) is 6.08 Å². The number of rotatable bonds is 1. The minimum atomic E-state index is -0.156. The van der Waals surface area contributed by atoms with Crippen LogP contribution in [0, 0.1) is 0 Å². The van der Waals surface area contributed by atoms with Crippen LogP contribution in [-0.4, -0.2) is 9.97 Å². The predicted molar refractivity (Wildman–Crippen MR) is 42.9 cm³/mol. The summed E-state index contributed by atoms with van der Waals surface area (Å²) >= 11 is 3.82. The Balaban J connectivity index is 3.07. The molecule has 0 aromatic carbocycles. The third-order valence-corrected chi connectivity index (χ3v) is 1.07. The molecule has 0 aliphatic carbocycles. The lowest BCUT2D eigenvalue weighted by molar-refractivity contribution is 1.09. The zero-order chi connectivity index (χ0) is 7.40. The van der Waals surface area contributed by atoms with E-state index in [1.807, 2.05) is 0 Å². The van der Waals surface area contributed by atoms with Gasteiger partial charge in [-0.1, -0.05) is 0 Å². The van der Waals surface area contributed by atoms with Crippen LogP contribution in [0.3, 0.4) is 0 Å². The van der Waals surface area contributed by atoms with Crippen molar-refractivity contribution in [3.05, 3.63) is 33.8 Å². The van der Waals surface area contributed by atoms with Crippen LogP contribution in [0.15, 0.2) is 22.5 Å². The molecule has 0 fully saturated rings. The van der Waals surface area contributed by atoms with Crippen molar-refractivity contribution in [1.29, 1.82) is 0 Å². The van der Waals surface area contributed by atoms with Gasteiger partial charge in [-0.15, -0.1) is 0 Å². The molecule has 0 saturated carbocycles. The Hall–Kier alpha value is -1.03. The van der Waals surface area contributed by atoms with E-state index in [9.17, 15) is 4.79 Å². The van der Waals surface area contributed by atoms with E-state index in [0.717, 1.165) is 0 Å². The van der Waals surface area contributed by atoms with Crippen LogP contribution in [0.1, 0.15) is 5.82 Å². The molecule has 0 amide bonds. The van der Waals surface area contributed by atoms with Crippen LogP contribution in [-0.2, 0) is 0 Å². The number of hydrogen-bond acceptors (Lipinski definition) is 3. The third-order valence-electron chi connectivity index (χ3n) is 0.923. The average Bonchev–Trinajstić information content (AvgIpc) is 1.88. The Bertz CT molecular complexity index is 292. The van der Waals surface area contributed by atoms with E-state index in [4.69, 9.17) is 0 Å². The number of H-pyrrole nitrogens is 1. The van der Waals surface area contributed by atoms with Gasteiger partial charge in [-0.3, -0.25) is 4.79 Å². The molecule has 0 unspecified atom stereocenters. The highest BCUT2D eigenvalue weighted by molar-refractivity contribution is 7.83. The van der Waals surface area contributed by atoms with Crippen molar-refractivity contribution < 1.29 is 0 Å². The van der Waals surface area contributed by atoms with Crippen molar-refractivity contribution in [2.45, 2.75) is 0 Å². The molecule has 1 rings (SSSR count). The maximum atomic E-state index is 10.6. The normalized spacial score (nSPS) is 10.5. The topological polar surface area (TPSA) is 45.8 Å². The zero-order valence-electron chi connectivity index (χ0n) is 5.11. The molecule has 0 atom stereocenters. The number of aromatic amines is 1. The molecule has 1 heterocycles. The number of nitrogens with one attached hydrogen (secondary N) is 1. The minimum absolute atomic E-state index is 0.156. The van der Waals surface area contributed by atoms with Gasteiger partial charge in [0, 0.05) is 12.3 Å². The molecule has 0 saturated heterocycles. The zero-order valence-corrected chi connectivity index (χ0v) is 6.01. The monoisotopic (exact) mass is 154 g/mol. The van der Waals surface area contributed by atoms with Crippen LogP contribution >= 0.6 is 12.6 Å². The van der Waals surface area contributed by atoms with Crippen LogP contribution in [0.2, 0.25) is 0 Å². The first-order valence-corrected chi connectivity index (χ1v) is 3.20. The smallest absolute Gasteiger partial charge is 0.251 e. The first kappa shape index (κ1) is 7.08. The first-order chi connectivity index (χ1) is 4.83. The maximum Gasteiger partial charge on any atom is 0.251 e. The molecule has 0 aliphatic heterocycles. The van der Waals surface area contributed by atoms with Gasteiger partial charge in [0.15, 0.2) is 0 Å². The molecule has 10 heavy (non-hydrogen) atoms. The van der Waals surface area contributed by atoms with E-state index in [0.29, 0.717) is 5.82 Å². The highest BCUT2D eigenvalue weighted by Gasteiger charge is 1.85. The largest absolute Gasteiger partial charge is 0.307 e. The summed E-state index contributed by atoms with van der Waals surface area (Å²) in [6.45, 7) is 0. The van der Waals surface area contributed by atoms with Gasteiger partial charge in [-0.2, -0.15) is 12.6 Å². The van der Waals surface area contributed by atoms with E-state index >= 15 is 0 Å². The number of nitrogens with zero attached hydrogens (tertiary/aromatic N) is 1. The summed E-state index contributed by atoms with van der Waals surface area (Å²) in [7, 11) is 0. The molecule has 0 spiro atoms. The maximum absolute atomic E-state index is 10.6. The van der Waals surface area contributed by atoms with E-state index in [-0.39, 0.29) is 5.56 Å². The Morgan fingerprint density at radius 2 is 2.50 bits per heavy atom. The van der Waals surface area contributed by atoms with Crippen molar-refractivity contribution in [1.82, 2.24) is 9.97 Å². The summed E-state index contributed by atoms with van der Waals surface area (Å²) in [6.07, 6.45) is 3.05. The van der Waals surface area contributed by atoms with Crippen molar-refractivity contribution in [2.24, 2.45) is 0 Å². The molecule has 1 N–H and O–H groups in total. The van der Waals surface area contributed by atoms with Gasteiger partial charge in [0.25, 0.3) is 5.56 Å². The number of thiol groups is 1. The lowest BCUT2D eigenvalue weighted by Gasteiger charge is -1.87. The van der Waals surface area contributed by atoms with Crippen LogP contribution in [0.25, 0.3) is 6.08 Å². The van der Waals surface area contributed by atoms with Gasteiger partial charge in [-0.05, 0) is 11.5 Å². The van der Waals surface area contributed by atoms with E-state index in [2.05, 4.69) is 22.6 Å². The second kappa shape index (κ2) is 3.22. The first-order valence-electron chi connectivity index (χ1n) is 2.69. The summed E-state index contributed by atoms with van der Waals surface area (Å²) in [5.41, 5.74) is -0.156. The van der Waals surface area contributed by atoms with Gasteiger partial charge in [0.1, 0.15) is 5.82 Å². The van der Waals surface area contributed by atoms with Crippen LogP contribution < -0.4 is 5.56 Å². The second-order valence-electron chi connectivity index (χ2n) is 1.64. The fourth-order valence-corrected chi connectivity index (χ4v) is 0.682. The van der Waals surface area contributed by atoms with Crippen LogP contribution in [0.5, 0.6) is 0 Å². The summed E-state index contributed by atoms with van der Waals surface area (Å²) < 4.78 is 0. The predicted octanol–water partition coefficient (Wildman–Crippen LogP) is 0.670. The SMILES string of the molecule is O=c1ccnc(C=CS)[nH]1. The van der Waals surface area contributed by atoms with Crippen molar-refractivity contribution in [3.63, 3.8) is 0 Å². The van der Waals surface area contributed by atoms with Gasteiger partial charge >= 0.3 is 0 Å². The number of hydrogen-bond donors (Lipinski definition) is 2. The molecular weight excluding hydrogens is 148 g/mol. The second-order valence-corrected chi connectivity index (χ2v) is 1.93. The molecule has 52 valence electrons. The quantitative estimate of drug-likeness (QED) is 0.584. The molecular formula is C6H6N2OS. The van der Waals surface area contributed by atoms with Crippen molar-refractivity contribution in [3.8, 4) is 0 Å². The minimum Gasteiger partial charge on any atom is -0.307 e. The fraction of sp³-hybridized carbons (Fsp3) is 0. The van der Waals surface area contributed by atoms with Gasteiger partial charge in [-0.25, -0.2) is 4.98 Å². The summed E-state index contributed by atoms with van der Waals surface area (Å²) in [4.78, 5) is 17.0. The van der Waals surface area contributed by atoms with Gasteiger partial charge < -0.3 is 4.98 Å².